The Bertz CT molecular complexity index is 506. The summed E-state index contributed by atoms with van der Waals surface area (Å²) < 4.78 is 5.55. The monoisotopic (exact) mass is 209 g/mol. The van der Waals surface area contributed by atoms with Gasteiger partial charge in [0.15, 0.2) is 0 Å². The van der Waals surface area contributed by atoms with E-state index in [9.17, 15) is 0 Å². The first-order chi connectivity index (χ1) is 7.78. The lowest BCUT2D eigenvalue weighted by Crippen LogP contribution is -1.88. The number of hydrogen-bond acceptors (Lipinski definition) is 2. The Balaban J connectivity index is 2.15. The molecule has 0 N–H and O–H groups in total. The number of aryl methyl sites for hydroxylation is 1. The van der Waals surface area contributed by atoms with Gasteiger partial charge in [-0.1, -0.05) is 23.6 Å². The summed E-state index contributed by atoms with van der Waals surface area (Å²) in [4.78, 5) is 4.10. The molecule has 2 heteroatoms. The van der Waals surface area contributed by atoms with Crippen LogP contribution in [0.2, 0.25) is 0 Å². The van der Waals surface area contributed by atoms with Crippen LogP contribution in [0, 0.1) is 19.3 Å². The molecule has 1 aromatic heterocycles. The van der Waals surface area contributed by atoms with Gasteiger partial charge in [-0.05, 0) is 25.1 Å². The molecule has 0 bridgehead atoms. The van der Waals surface area contributed by atoms with Crippen LogP contribution < -0.4 is 4.74 Å². The van der Waals surface area contributed by atoms with Crippen LogP contribution in [0.5, 0.6) is 11.6 Å². The molecule has 0 saturated carbocycles. The van der Waals surface area contributed by atoms with E-state index in [1.807, 2.05) is 31.2 Å². The van der Waals surface area contributed by atoms with Crippen LogP contribution in [0.25, 0.3) is 0 Å². The standard InChI is InChI=1S/C14H11NO/c1-3-12-6-9-14(15-10-12)16-13-7-4-11(2)5-8-13/h1,4-10H,2H3. The Morgan fingerprint density at radius 2 is 1.88 bits per heavy atom. The molecule has 0 atom stereocenters. The van der Waals surface area contributed by atoms with Crippen molar-refractivity contribution in [1.29, 1.82) is 0 Å². The third-order valence-electron chi connectivity index (χ3n) is 2.15. The zero-order valence-corrected chi connectivity index (χ0v) is 8.97. The van der Waals surface area contributed by atoms with Gasteiger partial charge in [0.1, 0.15) is 5.75 Å². The van der Waals surface area contributed by atoms with Crippen molar-refractivity contribution in [2.75, 3.05) is 0 Å². The average molecular weight is 209 g/mol. The van der Waals surface area contributed by atoms with E-state index in [-0.39, 0.29) is 0 Å². The third kappa shape index (κ3) is 2.40. The fourth-order valence-electron chi connectivity index (χ4n) is 1.25. The SMILES string of the molecule is C#Cc1ccc(Oc2ccc(C)cc2)nc1. The largest absolute Gasteiger partial charge is 0.439 e. The number of hydrogen-bond donors (Lipinski definition) is 0. The van der Waals surface area contributed by atoms with Gasteiger partial charge >= 0.3 is 0 Å². The van der Waals surface area contributed by atoms with E-state index < -0.39 is 0 Å². The highest BCUT2D eigenvalue weighted by molar-refractivity contribution is 5.34. The van der Waals surface area contributed by atoms with Gasteiger partial charge in [0.05, 0.1) is 0 Å². The normalized spacial score (nSPS) is 9.50. The van der Waals surface area contributed by atoms with E-state index in [1.54, 1.807) is 18.3 Å². The Hall–Kier alpha value is -2.27. The fraction of sp³-hybridized carbons (Fsp3) is 0.0714. The molecule has 0 spiro atoms. The zero-order chi connectivity index (χ0) is 11.4. The van der Waals surface area contributed by atoms with Gasteiger partial charge < -0.3 is 4.74 Å². The van der Waals surface area contributed by atoms with Crippen LogP contribution in [0.3, 0.4) is 0 Å². The highest BCUT2D eigenvalue weighted by Gasteiger charge is 1.97. The van der Waals surface area contributed by atoms with Crippen LogP contribution in [0.4, 0.5) is 0 Å². The van der Waals surface area contributed by atoms with Crippen molar-refractivity contribution >= 4 is 0 Å². The van der Waals surface area contributed by atoms with Gasteiger partial charge in [0.2, 0.25) is 5.88 Å². The molecule has 0 fully saturated rings. The second kappa shape index (κ2) is 4.50. The first-order valence-corrected chi connectivity index (χ1v) is 4.95. The highest BCUT2D eigenvalue weighted by Crippen LogP contribution is 2.19. The molecule has 2 rings (SSSR count). The summed E-state index contributed by atoms with van der Waals surface area (Å²) in [5, 5.41) is 0. The summed E-state index contributed by atoms with van der Waals surface area (Å²) in [6, 6.07) is 11.4. The smallest absolute Gasteiger partial charge is 0.219 e. The lowest BCUT2D eigenvalue weighted by atomic mass is 10.2. The lowest BCUT2D eigenvalue weighted by molar-refractivity contribution is 0.463. The lowest BCUT2D eigenvalue weighted by Gasteiger charge is -2.04. The van der Waals surface area contributed by atoms with E-state index in [4.69, 9.17) is 11.2 Å². The van der Waals surface area contributed by atoms with Crippen LogP contribution in [0.15, 0.2) is 42.6 Å². The summed E-state index contributed by atoms with van der Waals surface area (Å²) in [6.45, 7) is 2.03. The molecule has 0 saturated heterocycles. The van der Waals surface area contributed by atoms with E-state index in [0.29, 0.717) is 5.88 Å². The second-order valence-electron chi connectivity index (χ2n) is 3.44. The van der Waals surface area contributed by atoms with Crippen LogP contribution in [0.1, 0.15) is 11.1 Å². The minimum absolute atomic E-state index is 0.544. The number of rotatable bonds is 2. The van der Waals surface area contributed by atoms with Crippen molar-refractivity contribution in [3.8, 4) is 24.0 Å². The molecule has 2 aromatic rings. The molecular weight excluding hydrogens is 198 g/mol. The predicted octanol–water partition coefficient (Wildman–Crippen LogP) is 3.16. The number of aromatic nitrogens is 1. The van der Waals surface area contributed by atoms with Gasteiger partial charge in [0, 0.05) is 17.8 Å². The maximum Gasteiger partial charge on any atom is 0.219 e. The summed E-state index contributed by atoms with van der Waals surface area (Å²) in [5.41, 5.74) is 1.94. The van der Waals surface area contributed by atoms with Crippen molar-refractivity contribution < 1.29 is 4.74 Å². The van der Waals surface area contributed by atoms with E-state index in [1.165, 1.54) is 5.56 Å². The molecule has 2 nitrogen and oxygen atoms in total. The molecule has 1 heterocycles. The van der Waals surface area contributed by atoms with Crippen LogP contribution in [-0.2, 0) is 0 Å². The topological polar surface area (TPSA) is 22.1 Å². The summed E-state index contributed by atoms with van der Waals surface area (Å²) in [7, 11) is 0. The van der Waals surface area contributed by atoms with Crippen LogP contribution in [-0.4, -0.2) is 4.98 Å². The molecule has 1 aromatic carbocycles. The Labute approximate surface area is 94.9 Å². The molecule has 0 aliphatic carbocycles. The predicted molar refractivity (Wildman–Crippen MR) is 63.4 cm³/mol. The molecule has 78 valence electrons. The third-order valence-corrected chi connectivity index (χ3v) is 2.15. The number of pyridine rings is 1. The Kier molecular flexibility index (Phi) is 2.88. The molecule has 0 amide bonds. The van der Waals surface area contributed by atoms with Crippen molar-refractivity contribution in [3.05, 3.63) is 53.7 Å². The number of ether oxygens (including phenoxy) is 1. The van der Waals surface area contributed by atoms with Gasteiger partial charge in [-0.25, -0.2) is 4.98 Å². The van der Waals surface area contributed by atoms with Gasteiger partial charge in [0.25, 0.3) is 0 Å². The fourth-order valence-corrected chi connectivity index (χ4v) is 1.25. The van der Waals surface area contributed by atoms with Gasteiger partial charge in [-0.15, -0.1) is 6.42 Å². The van der Waals surface area contributed by atoms with Crippen molar-refractivity contribution in [1.82, 2.24) is 4.98 Å². The minimum Gasteiger partial charge on any atom is -0.439 e. The first kappa shape index (κ1) is 10.3. The van der Waals surface area contributed by atoms with E-state index in [2.05, 4.69) is 10.9 Å². The maximum atomic E-state index is 5.55. The average Bonchev–Trinajstić information content (AvgIpc) is 2.33. The van der Waals surface area contributed by atoms with E-state index in [0.717, 1.165) is 11.3 Å². The summed E-state index contributed by atoms with van der Waals surface area (Å²) in [5.74, 6) is 3.82. The quantitative estimate of drug-likeness (QED) is 0.709. The molecule has 0 aliphatic rings. The van der Waals surface area contributed by atoms with Crippen LogP contribution >= 0.6 is 0 Å². The van der Waals surface area contributed by atoms with Crippen molar-refractivity contribution in [2.45, 2.75) is 6.92 Å². The van der Waals surface area contributed by atoms with Crippen molar-refractivity contribution in [2.24, 2.45) is 0 Å². The van der Waals surface area contributed by atoms with E-state index >= 15 is 0 Å². The minimum atomic E-state index is 0.544. The molecule has 16 heavy (non-hydrogen) atoms. The summed E-state index contributed by atoms with van der Waals surface area (Å²) in [6.07, 6.45) is 6.85. The molecule has 0 aliphatic heterocycles. The Morgan fingerprint density at radius 1 is 1.12 bits per heavy atom. The maximum absolute atomic E-state index is 5.55. The van der Waals surface area contributed by atoms with Crippen molar-refractivity contribution in [3.63, 3.8) is 0 Å². The molecule has 0 unspecified atom stereocenters. The first-order valence-electron chi connectivity index (χ1n) is 4.95. The molecular formula is C14H11NO. The van der Waals surface area contributed by atoms with Gasteiger partial charge in [-0.2, -0.15) is 0 Å². The number of nitrogens with zero attached hydrogens (tertiary/aromatic N) is 1. The Morgan fingerprint density at radius 3 is 2.44 bits per heavy atom. The molecule has 0 radical (unpaired) electrons. The summed E-state index contributed by atoms with van der Waals surface area (Å²) >= 11 is 0. The number of terminal acetylenes is 1. The highest BCUT2D eigenvalue weighted by atomic mass is 16.5. The number of benzene rings is 1. The zero-order valence-electron chi connectivity index (χ0n) is 8.97. The van der Waals surface area contributed by atoms with Gasteiger partial charge in [-0.3, -0.25) is 0 Å². The second-order valence-corrected chi connectivity index (χ2v) is 3.44.